The number of piperidine rings is 1. The first kappa shape index (κ1) is 15.0. The van der Waals surface area contributed by atoms with E-state index in [9.17, 15) is 9.90 Å². The first-order valence-corrected chi connectivity index (χ1v) is 8.84. The van der Waals surface area contributed by atoms with Crippen molar-refractivity contribution in [1.82, 2.24) is 4.90 Å². The summed E-state index contributed by atoms with van der Waals surface area (Å²) >= 11 is 0. The number of amides is 1. The molecule has 23 heavy (non-hydrogen) atoms. The lowest BCUT2D eigenvalue weighted by Crippen LogP contribution is -2.53. The number of carbonyl (C=O) groups is 1. The van der Waals surface area contributed by atoms with Crippen LogP contribution in [-0.2, 0) is 11.3 Å². The van der Waals surface area contributed by atoms with Crippen LogP contribution in [0.25, 0.3) is 0 Å². The zero-order chi connectivity index (χ0) is 15.9. The lowest BCUT2D eigenvalue weighted by molar-refractivity contribution is -0.0572. The van der Waals surface area contributed by atoms with E-state index in [0.29, 0.717) is 6.61 Å². The third kappa shape index (κ3) is 3.23. The maximum Gasteiger partial charge on any atom is 0.410 e. The van der Waals surface area contributed by atoms with E-state index in [1.54, 1.807) is 0 Å². The third-order valence-electron chi connectivity index (χ3n) is 5.63. The average molecular weight is 315 g/mol. The predicted molar refractivity (Wildman–Crippen MR) is 86.8 cm³/mol. The van der Waals surface area contributed by atoms with Crippen LogP contribution in [0.2, 0.25) is 0 Å². The van der Waals surface area contributed by atoms with Crippen molar-refractivity contribution in [2.24, 2.45) is 5.92 Å². The molecule has 1 aromatic rings. The van der Waals surface area contributed by atoms with E-state index in [0.717, 1.165) is 43.6 Å². The van der Waals surface area contributed by atoms with E-state index >= 15 is 0 Å². The van der Waals surface area contributed by atoms with Gasteiger partial charge in [0.05, 0.1) is 5.60 Å². The van der Waals surface area contributed by atoms with Crippen LogP contribution in [0.15, 0.2) is 30.3 Å². The third-order valence-corrected chi connectivity index (χ3v) is 5.63. The van der Waals surface area contributed by atoms with Gasteiger partial charge < -0.3 is 14.7 Å². The van der Waals surface area contributed by atoms with Crippen molar-refractivity contribution in [1.29, 1.82) is 0 Å². The summed E-state index contributed by atoms with van der Waals surface area (Å²) in [5.41, 5.74) is 0.457. The molecule has 0 radical (unpaired) electrons. The zero-order valence-corrected chi connectivity index (χ0v) is 13.5. The molecule has 2 unspecified atom stereocenters. The Bertz CT molecular complexity index is 555. The van der Waals surface area contributed by atoms with Gasteiger partial charge in [-0.15, -0.1) is 0 Å². The molecular weight excluding hydrogens is 290 g/mol. The van der Waals surface area contributed by atoms with E-state index in [2.05, 4.69) is 0 Å². The Morgan fingerprint density at radius 3 is 2.39 bits per heavy atom. The Hall–Kier alpha value is -1.55. The van der Waals surface area contributed by atoms with Crippen molar-refractivity contribution in [3.8, 4) is 0 Å². The van der Waals surface area contributed by atoms with Crippen LogP contribution in [-0.4, -0.2) is 33.8 Å². The number of carbonyl (C=O) groups excluding carboxylic acids is 1. The number of rotatable bonds is 4. The molecule has 2 aliphatic heterocycles. The van der Waals surface area contributed by atoms with Gasteiger partial charge in [-0.05, 0) is 43.6 Å². The summed E-state index contributed by atoms with van der Waals surface area (Å²) in [6.45, 7) is 0.321. The first-order chi connectivity index (χ1) is 11.1. The van der Waals surface area contributed by atoms with Gasteiger partial charge in [0.2, 0.25) is 0 Å². The molecule has 4 rings (SSSR count). The zero-order valence-electron chi connectivity index (χ0n) is 13.5. The van der Waals surface area contributed by atoms with E-state index in [1.165, 1.54) is 12.8 Å². The minimum absolute atomic E-state index is 0.153. The lowest BCUT2D eigenvalue weighted by atomic mass is 9.82. The monoisotopic (exact) mass is 315 g/mol. The summed E-state index contributed by atoms with van der Waals surface area (Å²) in [5.74, 6) is 0.719. The first-order valence-electron chi connectivity index (χ1n) is 8.84. The maximum absolute atomic E-state index is 12.5. The summed E-state index contributed by atoms with van der Waals surface area (Å²) < 4.78 is 5.52. The van der Waals surface area contributed by atoms with Crippen LogP contribution in [0.5, 0.6) is 0 Å². The smallest absolute Gasteiger partial charge is 0.410 e. The number of aliphatic hydroxyl groups is 1. The van der Waals surface area contributed by atoms with Gasteiger partial charge in [0.1, 0.15) is 6.61 Å². The maximum atomic E-state index is 12.5. The Labute approximate surface area is 137 Å². The molecule has 3 fully saturated rings. The molecule has 1 N–H and O–H groups in total. The fourth-order valence-electron chi connectivity index (χ4n) is 4.44. The van der Waals surface area contributed by atoms with Crippen LogP contribution in [0.4, 0.5) is 4.79 Å². The highest BCUT2D eigenvalue weighted by molar-refractivity contribution is 5.69. The molecule has 1 saturated carbocycles. The van der Waals surface area contributed by atoms with Gasteiger partial charge in [0.15, 0.2) is 0 Å². The van der Waals surface area contributed by atoms with E-state index < -0.39 is 5.60 Å². The van der Waals surface area contributed by atoms with Crippen molar-refractivity contribution in [2.45, 2.75) is 69.2 Å². The van der Waals surface area contributed by atoms with Gasteiger partial charge in [-0.2, -0.15) is 0 Å². The second-order valence-corrected chi connectivity index (χ2v) is 7.61. The van der Waals surface area contributed by atoms with Crippen molar-refractivity contribution in [2.75, 3.05) is 0 Å². The minimum Gasteiger partial charge on any atom is -0.445 e. The molecule has 1 amide bonds. The summed E-state index contributed by atoms with van der Waals surface area (Å²) in [6, 6.07) is 10.1. The summed E-state index contributed by atoms with van der Waals surface area (Å²) in [7, 11) is 0. The highest BCUT2D eigenvalue weighted by atomic mass is 16.6. The van der Waals surface area contributed by atoms with E-state index in [4.69, 9.17) is 4.74 Å². The summed E-state index contributed by atoms with van der Waals surface area (Å²) in [6.07, 6.45) is 6.68. The highest BCUT2D eigenvalue weighted by Gasteiger charge is 2.51. The Morgan fingerprint density at radius 1 is 1.13 bits per heavy atom. The molecule has 4 heteroatoms. The van der Waals surface area contributed by atoms with Crippen molar-refractivity contribution in [3.63, 3.8) is 0 Å². The molecule has 4 nitrogen and oxygen atoms in total. The molecule has 0 aromatic heterocycles. The van der Waals surface area contributed by atoms with Crippen molar-refractivity contribution >= 4 is 6.09 Å². The topological polar surface area (TPSA) is 49.8 Å². The molecule has 2 saturated heterocycles. The lowest BCUT2D eigenvalue weighted by Gasteiger charge is -2.43. The minimum atomic E-state index is -0.552. The summed E-state index contributed by atoms with van der Waals surface area (Å²) in [4.78, 5) is 14.4. The molecular formula is C19H25NO3. The number of hydrogen-bond donors (Lipinski definition) is 1. The molecule has 1 aliphatic carbocycles. The van der Waals surface area contributed by atoms with Crippen LogP contribution < -0.4 is 0 Å². The van der Waals surface area contributed by atoms with Gasteiger partial charge in [-0.3, -0.25) is 0 Å². The van der Waals surface area contributed by atoms with E-state index in [-0.39, 0.29) is 18.2 Å². The molecule has 2 bridgehead atoms. The number of ether oxygens (including phenoxy) is 1. The van der Waals surface area contributed by atoms with Crippen molar-refractivity contribution in [3.05, 3.63) is 35.9 Å². The fraction of sp³-hybridized carbons (Fsp3) is 0.632. The Balaban J connectivity index is 1.37. The van der Waals surface area contributed by atoms with Gasteiger partial charge in [0, 0.05) is 12.1 Å². The molecule has 3 aliphatic rings. The second kappa shape index (κ2) is 5.82. The van der Waals surface area contributed by atoms with Gasteiger partial charge in [0.25, 0.3) is 0 Å². The van der Waals surface area contributed by atoms with Gasteiger partial charge in [-0.25, -0.2) is 4.79 Å². The molecule has 0 spiro atoms. The summed E-state index contributed by atoms with van der Waals surface area (Å²) in [5, 5.41) is 10.9. The molecule has 2 heterocycles. The molecule has 1 aromatic carbocycles. The van der Waals surface area contributed by atoms with Gasteiger partial charge >= 0.3 is 6.09 Å². The molecule has 2 atom stereocenters. The van der Waals surface area contributed by atoms with E-state index in [1.807, 2.05) is 35.2 Å². The van der Waals surface area contributed by atoms with Gasteiger partial charge in [-0.1, -0.05) is 43.2 Å². The Kier molecular flexibility index (Phi) is 3.80. The van der Waals surface area contributed by atoms with Crippen molar-refractivity contribution < 1.29 is 14.6 Å². The standard InChI is InChI=1S/C19H25NO3/c21-18(23-13-15-4-2-1-3-5-15)20-16-8-9-17(20)12-19(22,11-16)10-14-6-7-14/h1-5,14,16-17,22H,6-13H2. The highest BCUT2D eigenvalue weighted by Crippen LogP contribution is 2.47. The number of hydrogen-bond acceptors (Lipinski definition) is 3. The van der Waals surface area contributed by atoms with Crippen LogP contribution in [0.1, 0.15) is 50.5 Å². The fourth-order valence-corrected chi connectivity index (χ4v) is 4.44. The number of fused-ring (bicyclic) bond motifs is 2. The quantitative estimate of drug-likeness (QED) is 0.925. The van der Waals surface area contributed by atoms with Crippen LogP contribution in [0, 0.1) is 5.92 Å². The average Bonchev–Trinajstić information content (AvgIpc) is 3.29. The SMILES string of the molecule is O=C(OCc1ccccc1)N1C2CCC1CC(O)(CC1CC1)C2. The largest absolute Gasteiger partial charge is 0.445 e. The predicted octanol–water partition coefficient (Wildman–Crippen LogP) is 3.48. The van der Waals surface area contributed by atoms with Crippen LogP contribution >= 0.6 is 0 Å². The second-order valence-electron chi connectivity index (χ2n) is 7.61. The number of nitrogens with zero attached hydrogens (tertiary/aromatic N) is 1. The Morgan fingerprint density at radius 2 is 1.78 bits per heavy atom. The molecule has 124 valence electrons. The normalized spacial score (nSPS) is 32.8. The van der Waals surface area contributed by atoms with Crippen LogP contribution in [0.3, 0.4) is 0 Å². The number of benzene rings is 1.